The largest absolute Gasteiger partial charge is 0.375 e. The van der Waals surface area contributed by atoms with E-state index in [9.17, 15) is 0 Å². The fourth-order valence-corrected chi connectivity index (χ4v) is 4.26. The molecule has 1 unspecified atom stereocenters. The Kier molecular flexibility index (Phi) is 4.20. The molecule has 2 saturated heterocycles. The lowest BCUT2D eigenvalue weighted by Crippen LogP contribution is -2.30. The Morgan fingerprint density at radius 1 is 1.14 bits per heavy atom. The van der Waals surface area contributed by atoms with Crippen LogP contribution in [0, 0.1) is 0 Å². The van der Waals surface area contributed by atoms with Gasteiger partial charge in [-0.3, -0.25) is 9.58 Å². The lowest BCUT2D eigenvalue weighted by molar-refractivity contribution is -0.00740. The Morgan fingerprint density at radius 2 is 2.09 bits per heavy atom. The zero-order valence-electron chi connectivity index (χ0n) is 13.5. The molecule has 1 atom stereocenters. The van der Waals surface area contributed by atoms with Crippen molar-refractivity contribution in [1.82, 2.24) is 20.0 Å². The molecule has 5 nitrogen and oxygen atoms in total. The SMILES string of the molecule is c1c(CN2CCCC3(CCCO3)CC2)nn2c1CNCCC2. The van der Waals surface area contributed by atoms with Crippen molar-refractivity contribution in [1.29, 1.82) is 0 Å². The standard InChI is InChI=1S/C17H28N4O/c1-4-17(5-2-11-22-17)6-10-20(8-1)14-15-12-16-13-18-7-3-9-21(16)19-15/h12,18H,1-11,13-14H2. The number of nitrogens with one attached hydrogen (secondary N) is 1. The molecule has 0 amide bonds. The highest BCUT2D eigenvalue weighted by molar-refractivity contribution is 5.11. The molecule has 122 valence electrons. The van der Waals surface area contributed by atoms with Crippen LogP contribution < -0.4 is 5.32 Å². The first-order valence-electron chi connectivity index (χ1n) is 8.96. The molecule has 1 spiro atoms. The van der Waals surface area contributed by atoms with E-state index in [1.165, 1.54) is 56.5 Å². The van der Waals surface area contributed by atoms with E-state index in [1.807, 2.05) is 0 Å². The second-order valence-corrected chi connectivity index (χ2v) is 7.15. The topological polar surface area (TPSA) is 42.3 Å². The maximum Gasteiger partial charge on any atom is 0.0768 e. The summed E-state index contributed by atoms with van der Waals surface area (Å²) in [6.07, 6.45) is 7.40. The molecule has 0 radical (unpaired) electrons. The molecule has 1 N–H and O–H groups in total. The predicted molar refractivity (Wildman–Crippen MR) is 85.6 cm³/mol. The van der Waals surface area contributed by atoms with E-state index >= 15 is 0 Å². The molecule has 22 heavy (non-hydrogen) atoms. The van der Waals surface area contributed by atoms with Crippen molar-refractivity contribution in [3.8, 4) is 0 Å². The number of aryl methyl sites for hydroxylation is 1. The van der Waals surface area contributed by atoms with Crippen LogP contribution in [0.4, 0.5) is 0 Å². The van der Waals surface area contributed by atoms with Gasteiger partial charge in [0.2, 0.25) is 0 Å². The summed E-state index contributed by atoms with van der Waals surface area (Å²) in [5, 5.41) is 8.30. The minimum absolute atomic E-state index is 0.212. The number of likely N-dealkylation sites (tertiary alicyclic amines) is 1. The van der Waals surface area contributed by atoms with Crippen LogP contribution in [-0.4, -0.2) is 46.5 Å². The van der Waals surface area contributed by atoms with Crippen LogP contribution in [0.3, 0.4) is 0 Å². The summed E-state index contributed by atoms with van der Waals surface area (Å²) in [6, 6.07) is 2.30. The van der Waals surface area contributed by atoms with Gasteiger partial charge < -0.3 is 10.1 Å². The minimum Gasteiger partial charge on any atom is -0.375 e. The summed E-state index contributed by atoms with van der Waals surface area (Å²) >= 11 is 0. The van der Waals surface area contributed by atoms with Gasteiger partial charge in [-0.1, -0.05) is 0 Å². The highest BCUT2D eigenvalue weighted by Gasteiger charge is 2.36. The molecular formula is C17H28N4O. The van der Waals surface area contributed by atoms with Crippen molar-refractivity contribution in [2.45, 2.75) is 63.8 Å². The average molecular weight is 304 g/mol. The zero-order valence-corrected chi connectivity index (χ0v) is 13.5. The first-order valence-corrected chi connectivity index (χ1v) is 8.96. The van der Waals surface area contributed by atoms with Gasteiger partial charge in [0.1, 0.15) is 0 Å². The van der Waals surface area contributed by atoms with E-state index in [0.717, 1.165) is 39.3 Å². The van der Waals surface area contributed by atoms with E-state index < -0.39 is 0 Å². The zero-order chi connectivity index (χ0) is 14.8. The van der Waals surface area contributed by atoms with Gasteiger partial charge in [-0.05, 0) is 57.7 Å². The van der Waals surface area contributed by atoms with Crippen molar-refractivity contribution in [2.24, 2.45) is 0 Å². The number of hydrogen-bond acceptors (Lipinski definition) is 4. The van der Waals surface area contributed by atoms with E-state index in [4.69, 9.17) is 9.84 Å². The number of rotatable bonds is 2. The number of fused-ring (bicyclic) bond motifs is 1. The highest BCUT2D eigenvalue weighted by atomic mass is 16.5. The highest BCUT2D eigenvalue weighted by Crippen LogP contribution is 2.35. The molecule has 0 aliphatic carbocycles. The minimum atomic E-state index is 0.212. The molecule has 3 aliphatic rings. The Morgan fingerprint density at radius 3 is 3.00 bits per heavy atom. The molecule has 2 fully saturated rings. The second kappa shape index (κ2) is 6.30. The van der Waals surface area contributed by atoms with E-state index in [0.29, 0.717) is 0 Å². The maximum atomic E-state index is 6.09. The monoisotopic (exact) mass is 304 g/mol. The molecule has 4 rings (SSSR count). The maximum absolute atomic E-state index is 6.09. The number of aromatic nitrogens is 2. The Bertz CT molecular complexity index is 483. The molecule has 3 aliphatic heterocycles. The third-order valence-electron chi connectivity index (χ3n) is 5.50. The molecule has 4 heterocycles. The number of nitrogens with zero attached hydrogens (tertiary/aromatic N) is 3. The van der Waals surface area contributed by atoms with E-state index in [-0.39, 0.29) is 5.60 Å². The first-order chi connectivity index (χ1) is 10.8. The molecule has 0 saturated carbocycles. The third kappa shape index (κ3) is 3.07. The molecule has 5 heteroatoms. The van der Waals surface area contributed by atoms with Crippen LogP contribution in [0.2, 0.25) is 0 Å². The van der Waals surface area contributed by atoms with Gasteiger partial charge in [0.15, 0.2) is 0 Å². The lowest BCUT2D eigenvalue weighted by Gasteiger charge is -2.26. The quantitative estimate of drug-likeness (QED) is 0.906. The molecule has 1 aromatic rings. The average Bonchev–Trinajstić information content (AvgIpc) is 3.00. The van der Waals surface area contributed by atoms with Gasteiger partial charge in [-0.15, -0.1) is 0 Å². The van der Waals surface area contributed by atoms with Crippen molar-refractivity contribution >= 4 is 0 Å². The van der Waals surface area contributed by atoms with Crippen molar-refractivity contribution in [3.05, 3.63) is 17.5 Å². The van der Waals surface area contributed by atoms with E-state index in [1.54, 1.807) is 0 Å². The summed E-state index contributed by atoms with van der Waals surface area (Å²) < 4.78 is 8.29. The van der Waals surface area contributed by atoms with Gasteiger partial charge in [0, 0.05) is 32.8 Å². The number of hydrogen-bond donors (Lipinski definition) is 1. The molecular weight excluding hydrogens is 276 g/mol. The van der Waals surface area contributed by atoms with E-state index in [2.05, 4.69) is 21.0 Å². The van der Waals surface area contributed by atoms with Gasteiger partial charge in [0.25, 0.3) is 0 Å². The summed E-state index contributed by atoms with van der Waals surface area (Å²) in [5.74, 6) is 0. The van der Waals surface area contributed by atoms with Crippen LogP contribution in [0.25, 0.3) is 0 Å². The van der Waals surface area contributed by atoms with Crippen LogP contribution >= 0.6 is 0 Å². The van der Waals surface area contributed by atoms with Gasteiger partial charge in [0.05, 0.1) is 17.0 Å². The first kappa shape index (κ1) is 14.7. The smallest absolute Gasteiger partial charge is 0.0768 e. The molecule has 0 bridgehead atoms. The lowest BCUT2D eigenvalue weighted by atomic mass is 9.92. The summed E-state index contributed by atoms with van der Waals surface area (Å²) in [4.78, 5) is 2.58. The van der Waals surface area contributed by atoms with Gasteiger partial charge in [-0.2, -0.15) is 5.10 Å². The Hall–Kier alpha value is -0.910. The van der Waals surface area contributed by atoms with Crippen LogP contribution in [0.5, 0.6) is 0 Å². The molecule has 1 aromatic heterocycles. The summed E-state index contributed by atoms with van der Waals surface area (Å²) in [7, 11) is 0. The van der Waals surface area contributed by atoms with Crippen LogP contribution in [-0.2, 0) is 24.4 Å². The van der Waals surface area contributed by atoms with Gasteiger partial charge >= 0.3 is 0 Å². The molecule has 0 aromatic carbocycles. The second-order valence-electron chi connectivity index (χ2n) is 7.15. The van der Waals surface area contributed by atoms with Crippen LogP contribution in [0.1, 0.15) is 49.9 Å². The van der Waals surface area contributed by atoms with Crippen molar-refractivity contribution in [3.63, 3.8) is 0 Å². The predicted octanol–water partition coefficient (Wildman–Crippen LogP) is 1.91. The van der Waals surface area contributed by atoms with Crippen molar-refractivity contribution in [2.75, 3.05) is 26.2 Å². The van der Waals surface area contributed by atoms with Crippen molar-refractivity contribution < 1.29 is 4.74 Å². The third-order valence-corrected chi connectivity index (χ3v) is 5.50. The Balaban J connectivity index is 1.39. The number of ether oxygens (including phenoxy) is 1. The fraction of sp³-hybridized carbons (Fsp3) is 0.824. The Labute approximate surface area is 133 Å². The normalized spacial score (nSPS) is 30.2. The van der Waals surface area contributed by atoms with Crippen LogP contribution in [0.15, 0.2) is 6.07 Å². The summed E-state index contributed by atoms with van der Waals surface area (Å²) in [5.41, 5.74) is 2.80. The fourth-order valence-electron chi connectivity index (χ4n) is 4.26. The van der Waals surface area contributed by atoms with Gasteiger partial charge in [-0.25, -0.2) is 0 Å². The summed E-state index contributed by atoms with van der Waals surface area (Å²) in [6.45, 7) is 7.43.